The van der Waals surface area contributed by atoms with E-state index in [4.69, 9.17) is 4.74 Å². The Labute approximate surface area is 221 Å². The molecule has 0 radical (unpaired) electrons. The number of rotatable bonds is 8. The predicted molar refractivity (Wildman–Crippen MR) is 147 cm³/mol. The number of hydrogen-bond acceptors (Lipinski definition) is 5. The molecule has 7 nitrogen and oxygen atoms in total. The number of benzene rings is 3. The lowest BCUT2D eigenvalue weighted by Crippen LogP contribution is -2.32. The molecule has 0 aliphatic heterocycles. The molecular weight excluding hydrogens is 576 g/mol. The van der Waals surface area contributed by atoms with Crippen molar-refractivity contribution in [3.05, 3.63) is 98.1 Å². The van der Waals surface area contributed by atoms with Gasteiger partial charge in [-0.25, -0.2) is 5.43 Å². The summed E-state index contributed by atoms with van der Waals surface area (Å²) in [5, 5.41) is 6.76. The standard InChI is InChI=1S/C26H24Br2N4O3/c1-32(2)21-11-9-17(10-12-21)13-23(30-25(33)18-7-5-4-6-8-18)26(34)31-29-16-19-14-20(27)15-22(28)24(19)35-3/h4-16H,1-3H3,(H,30,33)(H,31,34)/b23-13-,29-16+. The number of carbonyl (C=O) groups excluding carboxylic acids is 2. The Balaban J connectivity index is 1.86. The summed E-state index contributed by atoms with van der Waals surface area (Å²) in [6.07, 6.45) is 3.07. The van der Waals surface area contributed by atoms with Crippen LogP contribution in [0.15, 0.2) is 86.5 Å². The number of ether oxygens (including phenoxy) is 1. The van der Waals surface area contributed by atoms with Gasteiger partial charge in [0, 0.05) is 35.4 Å². The van der Waals surface area contributed by atoms with E-state index in [2.05, 4.69) is 47.7 Å². The smallest absolute Gasteiger partial charge is 0.287 e. The minimum absolute atomic E-state index is 0.0518. The van der Waals surface area contributed by atoms with Crippen molar-refractivity contribution in [1.82, 2.24) is 10.7 Å². The van der Waals surface area contributed by atoms with E-state index >= 15 is 0 Å². The summed E-state index contributed by atoms with van der Waals surface area (Å²) in [7, 11) is 5.44. The van der Waals surface area contributed by atoms with Gasteiger partial charge in [0.2, 0.25) is 0 Å². The fourth-order valence-corrected chi connectivity index (χ4v) is 4.51. The van der Waals surface area contributed by atoms with Crippen LogP contribution in [0.5, 0.6) is 5.75 Å². The predicted octanol–water partition coefficient (Wildman–Crippen LogP) is 5.21. The molecule has 2 amide bonds. The first-order valence-corrected chi connectivity index (χ1v) is 12.1. The number of anilines is 1. The highest BCUT2D eigenvalue weighted by Gasteiger charge is 2.15. The summed E-state index contributed by atoms with van der Waals surface area (Å²) in [6.45, 7) is 0. The van der Waals surface area contributed by atoms with Crippen molar-refractivity contribution >= 4 is 61.7 Å². The second-order valence-corrected chi connectivity index (χ2v) is 9.34. The highest BCUT2D eigenvalue weighted by Crippen LogP contribution is 2.31. The summed E-state index contributed by atoms with van der Waals surface area (Å²) in [4.78, 5) is 27.7. The van der Waals surface area contributed by atoms with Crippen LogP contribution in [-0.4, -0.2) is 39.2 Å². The van der Waals surface area contributed by atoms with Crippen molar-refractivity contribution in [3.8, 4) is 5.75 Å². The molecule has 3 rings (SSSR count). The van der Waals surface area contributed by atoms with Gasteiger partial charge in [-0.05, 0) is 64.0 Å². The fraction of sp³-hybridized carbons (Fsp3) is 0.115. The Morgan fingerprint density at radius 1 is 1.00 bits per heavy atom. The van der Waals surface area contributed by atoms with Gasteiger partial charge >= 0.3 is 0 Å². The van der Waals surface area contributed by atoms with E-state index in [0.717, 1.165) is 20.2 Å². The molecule has 2 N–H and O–H groups in total. The van der Waals surface area contributed by atoms with E-state index in [1.807, 2.05) is 55.4 Å². The monoisotopic (exact) mass is 598 g/mol. The molecule has 0 heterocycles. The molecule has 0 saturated carbocycles. The van der Waals surface area contributed by atoms with Crippen LogP contribution in [0.2, 0.25) is 0 Å². The van der Waals surface area contributed by atoms with Crippen LogP contribution in [-0.2, 0) is 4.79 Å². The maximum absolute atomic E-state index is 13.0. The number of hydrazone groups is 1. The van der Waals surface area contributed by atoms with E-state index in [0.29, 0.717) is 16.9 Å². The largest absolute Gasteiger partial charge is 0.495 e. The third kappa shape index (κ3) is 7.27. The van der Waals surface area contributed by atoms with Crippen molar-refractivity contribution in [2.45, 2.75) is 0 Å². The third-order valence-corrected chi connectivity index (χ3v) is 5.91. The zero-order chi connectivity index (χ0) is 25.4. The first kappa shape index (κ1) is 26.2. The minimum Gasteiger partial charge on any atom is -0.495 e. The highest BCUT2D eigenvalue weighted by molar-refractivity contribution is 9.11. The Bertz CT molecular complexity index is 1260. The molecule has 35 heavy (non-hydrogen) atoms. The summed E-state index contributed by atoms with van der Waals surface area (Å²) >= 11 is 6.87. The molecule has 0 saturated heterocycles. The van der Waals surface area contributed by atoms with Crippen LogP contribution < -0.4 is 20.4 Å². The number of halogens is 2. The normalized spacial score (nSPS) is 11.3. The topological polar surface area (TPSA) is 83.0 Å². The van der Waals surface area contributed by atoms with Crippen molar-refractivity contribution in [1.29, 1.82) is 0 Å². The second kappa shape index (κ2) is 12.3. The Morgan fingerprint density at radius 2 is 1.69 bits per heavy atom. The minimum atomic E-state index is -0.574. The molecule has 9 heteroatoms. The van der Waals surface area contributed by atoms with Crippen LogP contribution in [0.3, 0.4) is 0 Å². The molecule has 0 aliphatic rings. The van der Waals surface area contributed by atoms with Crippen LogP contribution in [0.1, 0.15) is 21.5 Å². The highest BCUT2D eigenvalue weighted by atomic mass is 79.9. The second-order valence-electron chi connectivity index (χ2n) is 7.57. The van der Waals surface area contributed by atoms with E-state index < -0.39 is 11.8 Å². The lowest BCUT2D eigenvalue weighted by molar-refractivity contribution is -0.117. The van der Waals surface area contributed by atoms with Gasteiger partial charge in [0.25, 0.3) is 11.8 Å². The number of nitrogens with one attached hydrogen (secondary N) is 2. The van der Waals surface area contributed by atoms with Gasteiger partial charge in [-0.1, -0.05) is 46.3 Å². The molecule has 0 fully saturated rings. The molecule has 3 aromatic carbocycles. The quantitative estimate of drug-likeness (QED) is 0.212. The Kier molecular flexibility index (Phi) is 9.22. The average Bonchev–Trinajstić information content (AvgIpc) is 2.84. The van der Waals surface area contributed by atoms with Crippen molar-refractivity contribution in [3.63, 3.8) is 0 Å². The van der Waals surface area contributed by atoms with E-state index in [1.54, 1.807) is 43.5 Å². The number of nitrogens with zero attached hydrogens (tertiary/aromatic N) is 2. The average molecular weight is 600 g/mol. The molecular formula is C26H24Br2N4O3. The number of methoxy groups -OCH3 is 1. The van der Waals surface area contributed by atoms with Gasteiger partial charge in [-0.3, -0.25) is 9.59 Å². The van der Waals surface area contributed by atoms with Crippen LogP contribution in [0.4, 0.5) is 5.69 Å². The van der Waals surface area contributed by atoms with Gasteiger partial charge in [0.05, 0.1) is 17.8 Å². The van der Waals surface area contributed by atoms with Gasteiger partial charge in [0.1, 0.15) is 11.4 Å². The third-order valence-electron chi connectivity index (χ3n) is 4.86. The van der Waals surface area contributed by atoms with Crippen LogP contribution in [0.25, 0.3) is 6.08 Å². The van der Waals surface area contributed by atoms with Crippen molar-refractivity contribution in [2.75, 3.05) is 26.1 Å². The SMILES string of the molecule is COc1c(Br)cc(Br)cc1/C=N/NC(=O)/C(=C/c1ccc(N(C)C)cc1)NC(=O)c1ccccc1. The summed E-state index contributed by atoms with van der Waals surface area (Å²) in [6, 6.07) is 19.9. The zero-order valence-corrected chi connectivity index (χ0v) is 22.6. The molecule has 0 aliphatic carbocycles. The first-order valence-electron chi connectivity index (χ1n) is 10.5. The van der Waals surface area contributed by atoms with E-state index in [-0.39, 0.29) is 5.70 Å². The molecule has 0 atom stereocenters. The maximum Gasteiger partial charge on any atom is 0.287 e. The first-order chi connectivity index (χ1) is 16.8. The molecule has 3 aromatic rings. The number of hydrogen-bond donors (Lipinski definition) is 2. The molecule has 0 spiro atoms. The lowest BCUT2D eigenvalue weighted by Gasteiger charge is -2.13. The Morgan fingerprint density at radius 3 is 2.31 bits per heavy atom. The van der Waals surface area contributed by atoms with E-state index in [9.17, 15) is 9.59 Å². The Hall–Kier alpha value is -3.43. The van der Waals surface area contributed by atoms with Crippen molar-refractivity contribution < 1.29 is 14.3 Å². The fourth-order valence-electron chi connectivity index (χ4n) is 3.09. The lowest BCUT2D eigenvalue weighted by atomic mass is 10.1. The van der Waals surface area contributed by atoms with Gasteiger partial charge in [0.15, 0.2) is 0 Å². The van der Waals surface area contributed by atoms with Gasteiger partial charge in [-0.15, -0.1) is 0 Å². The van der Waals surface area contributed by atoms with Crippen LogP contribution in [0, 0.1) is 0 Å². The number of amides is 2. The van der Waals surface area contributed by atoms with Gasteiger partial charge in [-0.2, -0.15) is 5.10 Å². The van der Waals surface area contributed by atoms with Gasteiger partial charge < -0.3 is 15.0 Å². The van der Waals surface area contributed by atoms with Crippen LogP contribution >= 0.6 is 31.9 Å². The van der Waals surface area contributed by atoms with Crippen molar-refractivity contribution in [2.24, 2.45) is 5.10 Å². The molecule has 0 bridgehead atoms. The zero-order valence-electron chi connectivity index (χ0n) is 19.4. The molecule has 0 unspecified atom stereocenters. The number of carbonyl (C=O) groups is 2. The summed E-state index contributed by atoms with van der Waals surface area (Å²) in [5.74, 6) is -0.408. The maximum atomic E-state index is 13.0. The van der Waals surface area contributed by atoms with E-state index in [1.165, 1.54) is 6.21 Å². The molecule has 0 aromatic heterocycles. The summed E-state index contributed by atoms with van der Waals surface area (Å²) < 4.78 is 6.95. The molecule has 180 valence electrons. The summed E-state index contributed by atoms with van der Waals surface area (Å²) in [5.41, 5.74) is 5.37.